The van der Waals surface area contributed by atoms with Gasteiger partial charge in [0.25, 0.3) is 0 Å². The van der Waals surface area contributed by atoms with Crippen LogP contribution in [0.2, 0.25) is 0 Å². The number of carbonyl (C=O) groups is 1. The number of amides is 1. The molecule has 8 heteroatoms. The number of hydrogen-bond donors (Lipinski definition) is 1. The Morgan fingerprint density at radius 3 is 2.96 bits per heavy atom. The molecule has 0 aliphatic carbocycles. The molecule has 23 heavy (non-hydrogen) atoms. The van der Waals surface area contributed by atoms with Crippen molar-refractivity contribution in [2.45, 2.75) is 19.8 Å². The molecule has 1 unspecified atom stereocenters. The molecule has 1 aliphatic heterocycles. The van der Waals surface area contributed by atoms with Gasteiger partial charge in [0.2, 0.25) is 15.9 Å². The Labute approximate surface area is 139 Å². The molecular formula is C15H19N3O3S2. The molecule has 0 radical (unpaired) electrons. The summed E-state index contributed by atoms with van der Waals surface area (Å²) in [5, 5.41) is 3.40. The van der Waals surface area contributed by atoms with Crippen LogP contribution in [0.5, 0.6) is 0 Å². The summed E-state index contributed by atoms with van der Waals surface area (Å²) in [6.45, 7) is 2.75. The maximum Gasteiger partial charge on any atom is 0.230 e. The quantitative estimate of drug-likeness (QED) is 0.917. The molecule has 1 atom stereocenters. The normalized spacial score (nSPS) is 19.8. The first-order valence-electron chi connectivity index (χ1n) is 7.46. The van der Waals surface area contributed by atoms with Crippen molar-refractivity contribution in [3.63, 3.8) is 0 Å². The lowest BCUT2D eigenvalue weighted by Gasteiger charge is -2.29. The van der Waals surface area contributed by atoms with Gasteiger partial charge in [-0.25, -0.2) is 17.7 Å². The minimum atomic E-state index is -3.25. The number of benzene rings is 1. The molecule has 3 rings (SSSR count). The molecule has 6 nitrogen and oxygen atoms in total. The zero-order chi connectivity index (χ0) is 16.6. The van der Waals surface area contributed by atoms with Crippen LogP contribution in [0.15, 0.2) is 18.2 Å². The van der Waals surface area contributed by atoms with Crippen molar-refractivity contribution in [3.05, 3.63) is 23.8 Å². The van der Waals surface area contributed by atoms with E-state index in [4.69, 9.17) is 0 Å². The second-order valence-electron chi connectivity index (χ2n) is 5.94. The molecule has 0 spiro atoms. The number of sulfonamides is 1. The molecule has 0 saturated carbocycles. The van der Waals surface area contributed by atoms with Gasteiger partial charge in [-0.15, -0.1) is 0 Å². The van der Waals surface area contributed by atoms with Crippen molar-refractivity contribution >= 4 is 42.6 Å². The molecule has 1 fully saturated rings. The van der Waals surface area contributed by atoms with E-state index < -0.39 is 10.0 Å². The number of aromatic nitrogens is 1. The molecule has 0 bridgehead atoms. The third kappa shape index (κ3) is 3.70. The van der Waals surface area contributed by atoms with Crippen LogP contribution < -0.4 is 5.32 Å². The minimum absolute atomic E-state index is 0.158. The van der Waals surface area contributed by atoms with E-state index in [0.29, 0.717) is 24.5 Å². The number of hydrogen-bond acceptors (Lipinski definition) is 5. The highest BCUT2D eigenvalue weighted by molar-refractivity contribution is 7.88. The van der Waals surface area contributed by atoms with Crippen LogP contribution in [-0.2, 0) is 14.8 Å². The van der Waals surface area contributed by atoms with Crippen molar-refractivity contribution in [1.82, 2.24) is 9.29 Å². The van der Waals surface area contributed by atoms with Crippen molar-refractivity contribution < 1.29 is 13.2 Å². The van der Waals surface area contributed by atoms with E-state index in [1.807, 2.05) is 25.1 Å². The van der Waals surface area contributed by atoms with Crippen LogP contribution in [0.1, 0.15) is 18.4 Å². The number of aryl methyl sites for hydroxylation is 1. The number of rotatable bonds is 3. The number of carbonyl (C=O) groups excluding carboxylic acids is 1. The van der Waals surface area contributed by atoms with Crippen LogP contribution in [0.4, 0.5) is 5.13 Å². The van der Waals surface area contributed by atoms with E-state index in [1.54, 1.807) is 0 Å². The molecular weight excluding hydrogens is 334 g/mol. The van der Waals surface area contributed by atoms with Crippen LogP contribution >= 0.6 is 11.3 Å². The Bertz CT molecular complexity index is 845. The summed E-state index contributed by atoms with van der Waals surface area (Å²) in [5.74, 6) is -0.485. The summed E-state index contributed by atoms with van der Waals surface area (Å²) in [5.41, 5.74) is 2.01. The maximum absolute atomic E-state index is 12.4. The van der Waals surface area contributed by atoms with Crippen molar-refractivity contribution in [2.75, 3.05) is 24.7 Å². The number of fused-ring (bicyclic) bond motifs is 1. The number of thiazole rings is 1. The lowest BCUT2D eigenvalue weighted by atomic mass is 9.99. The second kappa shape index (κ2) is 6.18. The van der Waals surface area contributed by atoms with Crippen molar-refractivity contribution in [1.29, 1.82) is 0 Å². The summed E-state index contributed by atoms with van der Waals surface area (Å²) in [6, 6.07) is 5.95. The van der Waals surface area contributed by atoms with Gasteiger partial charge < -0.3 is 5.32 Å². The van der Waals surface area contributed by atoms with Gasteiger partial charge in [-0.2, -0.15) is 0 Å². The van der Waals surface area contributed by atoms with E-state index in [2.05, 4.69) is 10.3 Å². The summed E-state index contributed by atoms with van der Waals surface area (Å²) in [7, 11) is -3.25. The van der Waals surface area contributed by atoms with Crippen molar-refractivity contribution in [2.24, 2.45) is 5.92 Å². The molecule has 124 valence electrons. The molecule has 1 N–H and O–H groups in total. The van der Waals surface area contributed by atoms with Crippen LogP contribution in [-0.4, -0.2) is 43.0 Å². The summed E-state index contributed by atoms with van der Waals surface area (Å²) >= 11 is 1.44. The molecule has 1 amide bonds. The Morgan fingerprint density at radius 2 is 2.22 bits per heavy atom. The summed E-state index contributed by atoms with van der Waals surface area (Å²) in [6.07, 6.45) is 2.58. The lowest BCUT2D eigenvalue weighted by molar-refractivity contribution is -0.120. The van der Waals surface area contributed by atoms with Gasteiger partial charge in [-0.05, 0) is 37.5 Å². The van der Waals surface area contributed by atoms with E-state index in [1.165, 1.54) is 21.9 Å². The van der Waals surface area contributed by atoms with E-state index in [-0.39, 0.29) is 18.4 Å². The van der Waals surface area contributed by atoms with Crippen LogP contribution in [0.25, 0.3) is 10.2 Å². The molecule has 1 aromatic carbocycles. The highest BCUT2D eigenvalue weighted by atomic mass is 32.2. The van der Waals surface area contributed by atoms with Gasteiger partial charge >= 0.3 is 0 Å². The monoisotopic (exact) mass is 353 g/mol. The Hall–Kier alpha value is -1.51. The average molecular weight is 353 g/mol. The van der Waals surface area contributed by atoms with E-state index in [0.717, 1.165) is 15.8 Å². The second-order valence-corrected chi connectivity index (χ2v) is 8.95. The van der Waals surface area contributed by atoms with Gasteiger partial charge in [0, 0.05) is 13.1 Å². The highest BCUT2D eigenvalue weighted by Crippen LogP contribution is 2.28. The smallest absolute Gasteiger partial charge is 0.230 e. The zero-order valence-electron chi connectivity index (χ0n) is 13.1. The van der Waals surface area contributed by atoms with Gasteiger partial charge in [-0.1, -0.05) is 17.4 Å². The molecule has 1 aromatic heterocycles. The minimum Gasteiger partial charge on any atom is -0.302 e. The largest absolute Gasteiger partial charge is 0.302 e. The summed E-state index contributed by atoms with van der Waals surface area (Å²) < 4.78 is 25.7. The summed E-state index contributed by atoms with van der Waals surface area (Å²) in [4.78, 5) is 16.8. The fourth-order valence-electron chi connectivity index (χ4n) is 2.75. The molecule has 1 saturated heterocycles. The van der Waals surface area contributed by atoms with Gasteiger partial charge in [0.05, 0.1) is 22.4 Å². The third-order valence-electron chi connectivity index (χ3n) is 4.00. The van der Waals surface area contributed by atoms with Gasteiger partial charge in [0.1, 0.15) is 0 Å². The Kier molecular flexibility index (Phi) is 4.39. The number of anilines is 1. The zero-order valence-corrected chi connectivity index (χ0v) is 14.7. The van der Waals surface area contributed by atoms with Gasteiger partial charge in [0.15, 0.2) is 5.13 Å². The van der Waals surface area contributed by atoms with E-state index >= 15 is 0 Å². The maximum atomic E-state index is 12.4. The van der Waals surface area contributed by atoms with Crippen LogP contribution in [0.3, 0.4) is 0 Å². The fraction of sp³-hybridized carbons (Fsp3) is 0.467. The first kappa shape index (κ1) is 16.4. The predicted octanol–water partition coefficient (Wildman–Crippen LogP) is 2.21. The molecule has 2 heterocycles. The first-order valence-corrected chi connectivity index (χ1v) is 10.1. The Balaban J connectivity index is 1.72. The molecule has 1 aliphatic rings. The van der Waals surface area contributed by atoms with Gasteiger partial charge in [-0.3, -0.25) is 4.79 Å². The highest BCUT2D eigenvalue weighted by Gasteiger charge is 2.30. The number of nitrogens with zero attached hydrogens (tertiary/aromatic N) is 2. The third-order valence-corrected chi connectivity index (χ3v) is 6.20. The SMILES string of the molecule is Cc1ccc2nc(NC(=O)C3CCCN(S(C)(=O)=O)C3)sc2c1. The number of piperidine rings is 1. The lowest BCUT2D eigenvalue weighted by Crippen LogP contribution is -2.43. The Morgan fingerprint density at radius 1 is 1.43 bits per heavy atom. The molecule has 2 aromatic rings. The topological polar surface area (TPSA) is 79.4 Å². The standard InChI is InChI=1S/C15H19N3O3S2/c1-10-5-6-12-13(8-10)22-15(16-12)17-14(19)11-4-3-7-18(9-11)23(2,20)21/h5-6,8,11H,3-4,7,9H2,1-2H3,(H,16,17,19). The number of nitrogens with one attached hydrogen (secondary N) is 1. The fourth-order valence-corrected chi connectivity index (χ4v) is 4.63. The average Bonchev–Trinajstić information content (AvgIpc) is 2.87. The van der Waals surface area contributed by atoms with Crippen molar-refractivity contribution in [3.8, 4) is 0 Å². The van der Waals surface area contributed by atoms with Crippen LogP contribution in [0, 0.1) is 12.8 Å². The predicted molar refractivity (Wildman–Crippen MR) is 92.1 cm³/mol. The van der Waals surface area contributed by atoms with E-state index in [9.17, 15) is 13.2 Å². The first-order chi connectivity index (χ1) is 10.8.